The number of aliphatic hydroxyl groups excluding tert-OH is 5. The number of hydrogen-bond donors (Lipinski definition) is 6. The van der Waals surface area contributed by atoms with Gasteiger partial charge in [-0.05, 0) is 0 Å². The van der Waals surface area contributed by atoms with Crippen LogP contribution in [0.2, 0.25) is 0 Å². The largest absolute Gasteiger partial charge is 0.394 e. The Labute approximate surface area is 91.1 Å². The van der Waals surface area contributed by atoms with Crippen LogP contribution in [0.25, 0.3) is 0 Å². The molecule has 0 aliphatic carbocycles. The highest BCUT2D eigenvalue weighted by Gasteiger charge is 2.33. The Balaban J connectivity index is 4.42. The third-order valence-corrected chi connectivity index (χ3v) is 1.81. The van der Waals surface area contributed by atoms with Gasteiger partial charge in [-0.1, -0.05) is 0 Å². The quantitative estimate of drug-likeness (QED) is 0.258. The van der Waals surface area contributed by atoms with E-state index in [9.17, 15) is 14.7 Å². The second-order valence-electron chi connectivity index (χ2n) is 3.19. The average Bonchev–Trinajstić information content (AvgIpc) is 2.23. The molecule has 0 rings (SSSR count). The van der Waals surface area contributed by atoms with Gasteiger partial charge in [0.05, 0.1) is 6.61 Å². The Morgan fingerprint density at radius 2 is 1.69 bits per heavy atom. The SMILES string of the molecule is CC(=O)NC(O)C(=O)[C@@H](O)[C@@H](O)[C@H](O)CO. The zero-order chi connectivity index (χ0) is 12.9. The molecule has 1 unspecified atom stereocenters. The highest BCUT2D eigenvalue weighted by Crippen LogP contribution is 2.03. The maximum absolute atomic E-state index is 11.2. The van der Waals surface area contributed by atoms with Gasteiger partial charge in [0, 0.05) is 6.92 Å². The molecule has 0 spiro atoms. The van der Waals surface area contributed by atoms with Gasteiger partial charge in [0.1, 0.15) is 18.3 Å². The highest BCUT2D eigenvalue weighted by molar-refractivity contribution is 5.90. The molecule has 0 heterocycles. The molecule has 16 heavy (non-hydrogen) atoms. The predicted octanol–water partition coefficient (Wildman–Crippen LogP) is -3.91. The lowest BCUT2D eigenvalue weighted by atomic mass is 10.0. The lowest BCUT2D eigenvalue weighted by molar-refractivity contribution is -0.151. The fourth-order valence-electron chi connectivity index (χ4n) is 0.912. The number of rotatable bonds is 6. The number of amides is 1. The molecule has 0 aliphatic heterocycles. The van der Waals surface area contributed by atoms with Crippen molar-refractivity contribution >= 4 is 11.7 Å². The number of ketones is 1. The summed E-state index contributed by atoms with van der Waals surface area (Å²) >= 11 is 0. The topological polar surface area (TPSA) is 147 Å². The van der Waals surface area contributed by atoms with Crippen LogP contribution in [0.3, 0.4) is 0 Å². The Kier molecular flexibility index (Phi) is 6.08. The van der Waals surface area contributed by atoms with Crippen molar-refractivity contribution in [1.29, 1.82) is 0 Å². The molecule has 0 fully saturated rings. The predicted molar refractivity (Wildman–Crippen MR) is 49.9 cm³/mol. The molecular weight excluding hydrogens is 222 g/mol. The van der Waals surface area contributed by atoms with Gasteiger partial charge in [0.25, 0.3) is 0 Å². The van der Waals surface area contributed by atoms with Crippen molar-refractivity contribution in [3.63, 3.8) is 0 Å². The molecule has 1 amide bonds. The van der Waals surface area contributed by atoms with Crippen molar-refractivity contribution in [1.82, 2.24) is 5.32 Å². The van der Waals surface area contributed by atoms with Crippen molar-refractivity contribution in [2.24, 2.45) is 0 Å². The molecule has 0 aromatic carbocycles. The number of nitrogens with one attached hydrogen (secondary N) is 1. The zero-order valence-electron chi connectivity index (χ0n) is 8.57. The van der Waals surface area contributed by atoms with E-state index in [2.05, 4.69) is 0 Å². The number of carbonyl (C=O) groups excluding carboxylic acids is 2. The molecule has 8 nitrogen and oxygen atoms in total. The standard InChI is InChI=1S/C8H15NO7/c1-3(11)9-8(16)7(15)6(14)5(13)4(12)2-10/h4-6,8,10,12-14,16H,2H2,1H3,(H,9,11)/t4-,5+,6+,8?/m1/s1. The van der Waals surface area contributed by atoms with E-state index in [0.29, 0.717) is 0 Å². The van der Waals surface area contributed by atoms with Crippen molar-refractivity contribution < 1.29 is 35.1 Å². The first kappa shape index (κ1) is 14.9. The summed E-state index contributed by atoms with van der Waals surface area (Å²) < 4.78 is 0. The van der Waals surface area contributed by atoms with E-state index < -0.39 is 42.8 Å². The summed E-state index contributed by atoms with van der Waals surface area (Å²) in [6.45, 7) is 0.184. The third kappa shape index (κ3) is 4.21. The number of aliphatic hydroxyl groups is 5. The number of hydrogen-bond acceptors (Lipinski definition) is 7. The fourth-order valence-corrected chi connectivity index (χ4v) is 0.912. The maximum atomic E-state index is 11.2. The Morgan fingerprint density at radius 3 is 2.06 bits per heavy atom. The van der Waals surface area contributed by atoms with E-state index in [0.717, 1.165) is 6.92 Å². The first-order valence-corrected chi connectivity index (χ1v) is 4.45. The second-order valence-corrected chi connectivity index (χ2v) is 3.19. The van der Waals surface area contributed by atoms with Gasteiger partial charge < -0.3 is 30.8 Å². The minimum Gasteiger partial charge on any atom is -0.394 e. The third-order valence-electron chi connectivity index (χ3n) is 1.81. The summed E-state index contributed by atoms with van der Waals surface area (Å²) in [5.74, 6) is -1.99. The van der Waals surface area contributed by atoms with Crippen LogP contribution in [0.1, 0.15) is 6.92 Å². The van der Waals surface area contributed by atoms with Crippen LogP contribution in [0, 0.1) is 0 Å². The average molecular weight is 237 g/mol. The van der Waals surface area contributed by atoms with Gasteiger partial charge in [0.15, 0.2) is 6.23 Å². The number of carbonyl (C=O) groups is 2. The monoisotopic (exact) mass is 237 g/mol. The molecule has 0 aliphatic rings. The Morgan fingerprint density at radius 1 is 1.19 bits per heavy atom. The zero-order valence-corrected chi connectivity index (χ0v) is 8.57. The van der Waals surface area contributed by atoms with Crippen LogP contribution in [-0.4, -0.2) is 68.4 Å². The van der Waals surface area contributed by atoms with Crippen LogP contribution < -0.4 is 5.32 Å². The summed E-state index contributed by atoms with van der Waals surface area (Å²) in [5, 5.41) is 46.6. The highest BCUT2D eigenvalue weighted by atomic mass is 16.4. The van der Waals surface area contributed by atoms with Gasteiger partial charge in [-0.3, -0.25) is 9.59 Å². The normalized spacial score (nSPS) is 18.4. The van der Waals surface area contributed by atoms with Crippen LogP contribution in [0.5, 0.6) is 0 Å². The molecular formula is C8H15NO7. The molecule has 0 aromatic heterocycles. The van der Waals surface area contributed by atoms with Crippen molar-refractivity contribution in [2.75, 3.05) is 6.61 Å². The molecule has 0 saturated heterocycles. The first-order chi connectivity index (χ1) is 7.31. The van der Waals surface area contributed by atoms with E-state index in [-0.39, 0.29) is 0 Å². The van der Waals surface area contributed by atoms with Crippen LogP contribution in [0.15, 0.2) is 0 Å². The lowest BCUT2D eigenvalue weighted by Crippen LogP contribution is -2.51. The van der Waals surface area contributed by atoms with Crippen LogP contribution in [0.4, 0.5) is 0 Å². The Hall–Kier alpha value is -1.06. The van der Waals surface area contributed by atoms with Gasteiger partial charge in [-0.25, -0.2) is 0 Å². The summed E-state index contributed by atoms with van der Waals surface area (Å²) in [5.41, 5.74) is 0. The summed E-state index contributed by atoms with van der Waals surface area (Å²) in [7, 11) is 0. The van der Waals surface area contributed by atoms with Crippen molar-refractivity contribution in [2.45, 2.75) is 31.5 Å². The minimum atomic E-state index is -2.11. The molecule has 4 atom stereocenters. The van der Waals surface area contributed by atoms with E-state index >= 15 is 0 Å². The van der Waals surface area contributed by atoms with E-state index in [1.54, 1.807) is 5.32 Å². The molecule has 0 aromatic rings. The molecule has 0 radical (unpaired) electrons. The smallest absolute Gasteiger partial charge is 0.219 e. The van der Waals surface area contributed by atoms with Crippen LogP contribution >= 0.6 is 0 Å². The molecule has 0 bridgehead atoms. The lowest BCUT2D eigenvalue weighted by Gasteiger charge is -2.22. The summed E-state index contributed by atoms with van der Waals surface area (Å²) in [4.78, 5) is 21.7. The van der Waals surface area contributed by atoms with E-state index in [1.807, 2.05) is 0 Å². The van der Waals surface area contributed by atoms with Gasteiger partial charge in [-0.15, -0.1) is 0 Å². The molecule has 6 N–H and O–H groups in total. The van der Waals surface area contributed by atoms with E-state index in [4.69, 9.17) is 20.4 Å². The van der Waals surface area contributed by atoms with Crippen molar-refractivity contribution in [3.05, 3.63) is 0 Å². The first-order valence-electron chi connectivity index (χ1n) is 4.45. The summed E-state index contributed by atoms with van der Waals surface area (Å²) in [6.07, 6.45) is -7.75. The van der Waals surface area contributed by atoms with Crippen molar-refractivity contribution in [3.8, 4) is 0 Å². The molecule has 8 heteroatoms. The Bertz CT molecular complexity index is 257. The van der Waals surface area contributed by atoms with Crippen LogP contribution in [-0.2, 0) is 9.59 Å². The van der Waals surface area contributed by atoms with E-state index in [1.165, 1.54) is 0 Å². The molecule has 0 saturated carbocycles. The van der Waals surface area contributed by atoms with Gasteiger partial charge >= 0.3 is 0 Å². The molecule has 94 valence electrons. The fraction of sp³-hybridized carbons (Fsp3) is 0.750. The minimum absolute atomic E-state index is 0.703. The summed E-state index contributed by atoms with van der Waals surface area (Å²) in [6, 6.07) is 0. The van der Waals surface area contributed by atoms with Gasteiger partial charge in [-0.2, -0.15) is 0 Å². The number of Topliss-reactive ketones (excluding diaryl/α,β-unsaturated/α-hetero) is 1. The maximum Gasteiger partial charge on any atom is 0.219 e. The van der Waals surface area contributed by atoms with Gasteiger partial charge in [0.2, 0.25) is 11.7 Å². The second kappa shape index (κ2) is 6.51.